The standard InChI is InChI=1S/C19H20N2O4S/c1-12-4-6-14-10-15(19(22)21-16(14)8-12)11-20-26(23,24)18-9-13(2)5-7-17(18)25-3/h4-10,20H,11H2,1-3H3,(H,21,22). The number of aromatic amines is 1. The Kier molecular flexibility index (Phi) is 4.84. The van der Waals surface area contributed by atoms with Gasteiger partial charge in [-0.2, -0.15) is 0 Å². The van der Waals surface area contributed by atoms with E-state index in [1.807, 2.05) is 25.1 Å². The van der Waals surface area contributed by atoms with Crippen LogP contribution in [0.3, 0.4) is 0 Å². The first-order chi connectivity index (χ1) is 12.3. The van der Waals surface area contributed by atoms with Gasteiger partial charge in [0.1, 0.15) is 10.6 Å². The molecule has 0 atom stereocenters. The van der Waals surface area contributed by atoms with Gasteiger partial charge in [0.2, 0.25) is 10.0 Å². The number of nitrogens with one attached hydrogen (secondary N) is 2. The molecule has 0 aliphatic rings. The zero-order valence-corrected chi connectivity index (χ0v) is 15.6. The molecule has 0 fully saturated rings. The van der Waals surface area contributed by atoms with Crippen molar-refractivity contribution >= 4 is 20.9 Å². The van der Waals surface area contributed by atoms with Crippen LogP contribution < -0.4 is 15.0 Å². The molecule has 26 heavy (non-hydrogen) atoms. The predicted molar refractivity (Wildman–Crippen MR) is 101 cm³/mol. The lowest BCUT2D eigenvalue weighted by Crippen LogP contribution is -2.27. The van der Waals surface area contributed by atoms with E-state index < -0.39 is 10.0 Å². The molecule has 0 unspecified atom stereocenters. The van der Waals surface area contributed by atoms with Gasteiger partial charge >= 0.3 is 0 Å². The SMILES string of the molecule is COc1ccc(C)cc1S(=O)(=O)NCc1cc2ccc(C)cc2[nH]c1=O. The summed E-state index contributed by atoms with van der Waals surface area (Å²) in [6.07, 6.45) is 0. The van der Waals surface area contributed by atoms with Crippen LogP contribution in [0.2, 0.25) is 0 Å². The Morgan fingerprint density at radius 1 is 1.04 bits per heavy atom. The molecule has 0 aliphatic carbocycles. The summed E-state index contributed by atoms with van der Waals surface area (Å²) in [5, 5.41) is 0.845. The molecule has 0 aliphatic heterocycles. The van der Waals surface area contributed by atoms with Crippen LogP contribution in [0.4, 0.5) is 0 Å². The summed E-state index contributed by atoms with van der Waals surface area (Å²) in [7, 11) is -2.41. The highest BCUT2D eigenvalue weighted by atomic mass is 32.2. The second-order valence-electron chi connectivity index (χ2n) is 6.19. The summed E-state index contributed by atoms with van der Waals surface area (Å²) in [6, 6.07) is 12.3. The first-order valence-corrected chi connectivity index (χ1v) is 9.55. The topological polar surface area (TPSA) is 88.3 Å². The summed E-state index contributed by atoms with van der Waals surface area (Å²) in [5.41, 5.74) is 2.58. The van der Waals surface area contributed by atoms with Crippen LogP contribution in [0.1, 0.15) is 16.7 Å². The van der Waals surface area contributed by atoms with Gasteiger partial charge in [0.05, 0.1) is 7.11 Å². The minimum absolute atomic E-state index is 0.0489. The van der Waals surface area contributed by atoms with E-state index >= 15 is 0 Å². The smallest absolute Gasteiger partial charge is 0.252 e. The van der Waals surface area contributed by atoms with Crippen molar-refractivity contribution in [3.05, 3.63) is 69.5 Å². The normalized spacial score (nSPS) is 11.7. The maximum atomic E-state index is 12.7. The fraction of sp³-hybridized carbons (Fsp3) is 0.211. The molecular formula is C19H20N2O4S. The number of ether oxygens (including phenoxy) is 1. The molecule has 0 radical (unpaired) electrons. The molecule has 0 amide bonds. The zero-order valence-electron chi connectivity index (χ0n) is 14.8. The number of fused-ring (bicyclic) bond motifs is 1. The number of rotatable bonds is 5. The maximum Gasteiger partial charge on any atom is 0.252 e. The lowest BCUT2D eigenvalue weighted by atomic mass is 10.1. The molecule has 1 aromatic heterocycles. The number of methoxy groups -OCH3 is 1. The lowest BCUT2D eigenvalue weighted by Gasteiger charge is -2.11. The molecule has 136 valence electrons. The largest absolute Gasteiger partial charge is 0.495 e. The highest BCUT2D eigenvalue weighted by Crippen LogP contribution is 2.24. The average molecular weight is 372 g/mol. The molecule has 7 heteroatoms. The Morgan fingerprint density at radius 2 is 1.73 bits per heavy atom. The number of aryl methyl sites for hydroxylation is 2. The summed E-state index contributed by atoms with van der Waals surface area (Å²) < 4.78 is 32.9. The fourth-order valence-corrected chi connectivity index (χ4v) is 3.99. The van der Waals surface area contributed by atoms with Gasteiger partial charge in [-0.05, 0) is 54.6 Å². The highest BCUT2D eigenvalue weighted by molar-refractivity contribution is 7.89. The van der Waals surface area contributed by atoms with E-state index in [2.05, 4.69) is 9.71 Å². The average Bonchev–Trinajstić information content (AvgIpc) is 2.60. The van der Waals surface area contributed by atoms with E-state index in [-0.39, 0.29) is 22.7 Å². The van der Waals surface area contributed by atoms with Crippen molar-refractivity contribution in [3.8, 4) is 5.75 Å². The lowest BCUT2D eigenvalue weighted by molar-refractivity contribution is 0.402. The Balaban J connectivity index is 1.92. The van der Waals surface area contributed by atoms with Crippen LogP contribution in [0, 0.1) is 13.8 Å². The Morgan fingerprint density at radius 3 is 2.46 bits per heavy atom. The second-order valence-corrected chi connectivity index (χ2v) is 7.93. The van der Waals surface area contributed by atoms with Gasteiger partial charge in [-0.1, -0.05) is 18.2 Å². The van der Waals surface area contributed by atoms with Gasteiger partial charge in [-0.3, -0.25) is 4.79 Å². The maximum absolute atomic E-state index is 12.7. The summed E-state index contributed by atoms with van der Waals surface area (Å²) in [6.45, 7) is 3.63. The van der Waals surface area contributed by atoms with Gasteiger partial charge in [0, 0.05) is 17.6 Å². The highest BCUT2D eigenvalue weighted by Gasteiger charge is 2.20. The van der Waals surface area contributed by atoms with E-state index in [1.165, 1.54) is 13.2 Å². The summed E-state index contributed by atoms with van der Waals surface area (Å²) in [4.78, 5) is 15.1. The number of benzene rings is 2. The van der Waals surface area contributed by atoms with Crippen LogP contribution >= 0.6 is 0 Å². The van der Waals surface area contributed by atoms with Crippen molar-refractivity contribution in [1.82, 2.24) is 9.71 Å². The van der Waals surface area contributed by atoms with E-state index in [0.717, 1.165) is 22.0 Å². The molecule has 3 aromatic rings. The number of pyridine rings is 1. The van der Waals surface area contributed by atoms with Crippen molar-refractivity contribution in [2.45, 2.75) is 25.3 Å². The minimum atomic E-state index is -3.83. The van der Waals surface area contributed by atoms with Crippen LogP contribution in [-0.4, -0.2) is 20.5 Å². The van der Waals surface area contributed by atoms with Crippen molar-refractivity contribution < 1.29 is 13.2 Å². The quantitative estimate of drug-likeness (QED) is 0.721. The van der Waals surface area contributed by atoms with E-state index in [1.54, 1.807) is 25.1 Å². The summed E-state index contributed by atoms with van der Waals surface area (Å²) in [5.74, 6) is 0.256. The van der Waals surface area contributed by atoms with Crippen LogP contribution in [0.15, 0.2) is 52.2 Å². The number of hydrogen-bond acceptors (Lipinski definition) is 4. The third kappa shape index (κ3) is 3.63. The molecule has 0 bridgehead atoms. The van der Waals surface area contributed by atoms with Crippen molar-refractivity contribution in [1.29, 1.82) is 0 Å². The molecule has 0 spiro atoms. The Hall–Kier alpha value is -2.64. The van der Waals surface area contributed by atoms with Gasteiger partial charge in [-0.15, -0.1) is 0 Å². The van der Waals surface area contributed by atoms with E-state index in [9.17, 15) is 13.2 Å². The second kappa shape index (κ2) is 6.93. The van der Waals surface area contributed by atoms with Gasteiger partial charge in [-0.25, -0.2) is 13.1 Å². The minimum Gasteiger partial charge on any atom is -0.495 e. The van der Waals surface area contributed by atoms with Crippen LogP contribution in [0.5, 0.6) is 5.75 Å². The Labute approximate surface area is 151 Å². The van der Waals surface area contributed by atoms with E-state index in [4.69, 9.17) is 4.74 Å². The third-order valence-corrected chi connectivity index (χ3v) is 5.56. The Bertz CT molecular complexity index is 1130. The summed E-state index contributed by atoms with van der Waals surface area (Å²) >= 11 is 0. The third-order valence-electron chi connectivity index (χ3n) is 4.14. The van der Waals surface area contributed by atoms with Gasteiger partial charge < -0.3 is 9.72 Å². The molecule has 6 nitrogen and oxygen atoms in total. The molecule has 1 heterocycles. The van der Waals surface area contributed by atoms with Gasteiger partial charge in [0.25, 0.3) is 5.56 Å². The first kappa shape index (κ1) is 18.2. The number of H-pyrrole nitrogens is 1. The van der Waals surface area contributed by atoms with Crippen LogP contribution in [-0.2, 0) is 16.6 Å². The molecule has 2 N–H and O–H groups in total. The molecule has 0 saturated carbocycles. The van der Waals surface area contributed by atoms with Crippen molar-refractivity contribution in [2.24, 2.45) is 0 Å². The number of aromatic nitrogens is 1. The van der Waals surface area contributed by atoms with Crippen molar-refractivity contribution in [3.63, 3.8) is 0 Å². The van der Waals surface area contributed by atoms with Crippen LogP contribution in [0.25, 0.3) is 10.9 Å². The number of sulfonamides is 1. The van der Waals surface area contributed by atoms with Gasteiger partial charge in [0.15, 0.2) is 0 Å². The predicted octanol–water partition coefficient (Wildman–Crippen LogP) is 2.63. The fourth-order valence-electron chi connectivity index (χ4n) is 2.74. The molecular weight excluding hydrogens is 352 g/mol. The zero-order chi connectivity index (χ0) is 18.9. The molecule has 0 saturated heterocycles. The van der Waals surface area contributed by atoms with Crippen molar-refractivity contribution in [2.75, 3.05) is 7.11 Å². The number of hydrogen-bond donors (Lipinski definition) is 2. The molecule has 2 aromatic carbocycles. The van der Waals surface area contributed by atoms with E-state index in [0.29, 0.717) is 5.56 Å². The monoisotopic (exact) mass is 372 g/mol. The molecule has 3 rings (SSSR count). The first-order valence-electron chi connectivity index (χ1n) is 8.07.